The Kier molecular flexibility index (Phi) is 4.37. The largest absolute Gasteiger partial charge is 0.416 e. The molecule has 0 fully saturated rings. The summed E-state index contributed by atoms with van der Waals surface area (Å²) in [6.07, 6.45) is -3.43. The molecule has 0 aliphatic rings. The van der Waals surface area contributed by atoms with Crippen molar-refractivity contribution in [3.63, 3.8) is 0 Å². The van der Waals surface area contributed by atoms with Gasteiger partial charge in [0.25, 0.3) is 5.56 Å². The number of alkyl halides is 3. The number of aromatic nitrogens is 2. The van der Waals surface area contributed by atoms with E-state index in [-0.39, 0.29) is 21.4 Å². The summed E-state index contributed by atoms with van der Waals surface area (Å²) in [6, 6.07) is 2.56. The zero-order chi connectivity index (χ0) is 16.7. The highest BCUT2D eigenvalue weighted by molar-refractivity contribution is 6.33. The second-order valence-corrected chi connectivity index (χ2v) is 5.12. The van der Waals surface area contributed by atoms with Crippen LogP contribution in [0.1, 0.15) is 5.56 Å². The summed E-state index contributed by atoms with van der Waals surface area (Å²) in [6.45, 7) is 0. The maximum atomic E-state index is 12.8. The summed E-state index contributed by atoms with van der Waals surface area (Å²) in [5.41, 5.74) is -1.89. The number of rotatable bonds is 2. The van der Waals surface area contributed by atoms with Crippen molar-refractivity contribution in [1.29, 1.82) is 0 Å². The molecule has 0 amide bonds. The van der Waals surface area contributed by atoms with E-state index in [1.54, 1.807) is 0 Å². The molecule has 0 aliphatic carbocycles. The second-order valence-electron chi connectivity index (χ2n) is 4.34. The Morgan fingerprint density at radius 1 is 1.32 bits per heavy atom. The molecule has 22 heavy (non-hydrogen) atoms. The Labute approximate surface area is 132 Å². The molecule has 0 saturated carbocycles. The lowest BCUT2D eigenvalue weighted by Crippen LogP contribution is -2.30. The lowest BCUT2D eigenvalue weighted by molar-refractivity contribution is -0.137. The molecule has 0 spiro atoms. The first-order valence-corrected chi connectivity index (χ1v) is 6.52. The van der Waals surface area contributed by atoms with Crippen molar-refractivity contribution in [2.45, 2.75) is 6.18 Å². The fraction of sp³-hybridized carbons (Fsp3) is 0.167. The Balaban J connectivity index is 2.68. The Bertz CT molecular complexity index is 774. The van der Waals surface area contributed by atoms with Crippen LogP contribution in [0, 0.1) is 0 Å². The molecule has 2 N–H and O–H groups in total. The molecule has 0 aliphatic heterocycles. The van der Waals surface area contributed by atoms with E-state index in [4.69, 9.17) is 29.0 Å². The Morgan fingerprint density at radius 2 is 1.95 bits per heavy atom. The lowest BCUT2D eigenvalue weighted by atomic mass is 10.2. The summed E-state index contributed by atoms with van der Waals surface area (Å²) < 4.78 is 39.0. The van der Waals surface area contributed by atoms with Crippen molar-refractivity contribution >= 4 is 28.9 Å². The molecule has 0 bridgehead atoms. The highest BCUT2D eigenvalue weighted by Crippen LogP contribution is 2.32. The first kappa shape index (κ1) is 16.6. The van der Waals surface area contributed by atoms with Gasteiger partial charge in [-0.1, -0.05) is 23.2 Å². The molecule has 1 aromatic carbocycles. The average molecular weight is 353 g/mol. The molecule has 0 unspecified atom stereocenters. The number of hydrazine groups is 1. The van der Waals surface area contributed by atoms with Crippen LogP contribution in [0.2, 0.25) is 10.0 Å². The average Bonchev–Trinajstić information content (AvgIpc) is 2.41. The van der Waals surface area contributed by atoms with Crippen LogP contribution < -0.4 is 16.4 Å². The van der Waals surface area contributed by atoms with Crippen LogP contribution in [0.5, 0.6) is 0 Å². The molecule has 0 radical (unpaired) electrons. The number of anilines is 1. The fourth-order valence-corrected chi connectivity index (χ4v) is 2.15. The van der Waals surface area contributed by atoms with Crippen molar-refractivity contribution < 1.29 is 13.2 Å². The minimum absolute atomic E-state index is 0.0764. The Hall–Kier alpha value is -1.77. The van der Waals surface area contributed by atoms with Gasteiger partial charge in [0.1, 0.15) is 5.02 Å². The van der Waals surface area contributed by atoms with Gasteiger partial charge in [0.15, 0.2) is 0 Å². The van der Waals surface area contributed by atoms with Gasteiger partial charge in [0.2, 0.25) is 0 Å². The van der Waals surface area contributed by atoms with E-state index < -0.39 is 17.3 Å². The maximum absolute atomic E-state index is 12.8. The van der Waals surface area contributed by atoms with Crippen LogP contribution in [-0.2, 0) is 6.18 Å². The third kappa shape index (κ3) is 3.03. The van der Waals surface area contributed by atoms with Gasteiger partial charge >= 0.3 is 6.18 Å². The third-order valence-corrected chi connectivity index (χ3v) is 3.46. The van der Waals surface area contributed by atoms with Gasteiger partial charge in [-0.05, 0) is 18.2 Å². The number of nitrogens with zero attached hydrogens (tertiary/aromatic N) is 3. The van der Waals surface area contributed by atoms with E-state index in [1.807, 2.05) is 0 Å². The number of halogens is 5. The second kappa shape index (κ2) is 5.79. The van der Waals surface area contributed by atoms with Crippen molar-refractivity contribution in [1.82, 2.24) is 9.78 Å². The normalized spacial score (nSPS) is 11.6. The van der Waals surface area contributed by atoms with Gasteiger partial charge < -0.3 is 5.01 Å². The van der Waals surface area contributed by atoms with Crippen molar-refractivity contribution in [2.24, 2.45) is 5.84 Å². The standard InChI is InChI=1S/C12H9Cl2F3N4O/c1-20(18)9-5-19-21(11(22)10(9)14)8-4-6(12(15,16)17)2-3-7(8)13/h2-5H,18H2,1H3. The topological polar surface area (TPSA) is 64.2 Å². The molecule has 118 valence electrons. The van der Waals surface area contributed by atoms with Crippen LogP contribution in [0.3, 0.4) is 0 Å². The number of benzene rings is 1. The molecule has 10 heteroatoms. The van der Waals surface area contributed by atoms with Crippen LogP contribution in [0.4, 0.5) is 18.9 Å². The highest BCUT2D eigenvalue weighted by atomic mass is 35.5. The van der Waals surface area contributed by atoms with E-state index in [0.29, 0.717) is 4.68 Å². The van der Waals surface area contributed by atoms with Crippen molar-refractivity contribution in [3.05, 3.63) is 50.4 Å². The first-order valence-electron chi connectivity index (χ1n) is 5.76. The summed E-state index contributed by atoms with van der Waals surface area (Å²) in [4.78, 5) is 12.2. The molecular formula is C12H9Cl2F3N4O. The Morgan fingerprint density at radius 3 is 2.50 bits per heavy atom. The molecule has 0 saturated heterocycles. The summed E-state index contributed by atoms with van der Waals surface area (Å²) >= 11 is 11.7. The van der Waals surface area contributed by atoms with Gasteiger partial charge in [0, 0.05) is 7.05 Å². The quantitative estimate of drug-likeness (QED) is 0.666. The minimum Gasteiger partial charge on any atom is -0.311 e. The van der Waals surface area contributed by atoms with Gasteiger partial charge in [-0.25, -0.2) is 5.84 Å². The van der Waals surface area contributed by atoms with Crippen molar-refractivity contribution in [2.75, 3.05) is 12.1 Å². The molecule has 2 rings (SSSR count). The lowest BCUT2D eigenvalue weighted by Gasteiger charge is -2.15. The highest BCUT2D eigenvalue weighted by Gasteiger charge is 2.31. The predicted octanol–water partition coefficient (Wildman–Crippen LogP) is 2.87. The van der Waals surface area contributed by atoms with Crippen LogP contribution in [0.25, 0.3) is 5.69 Å². The van der Waals surface area contributed by atoms with E-state index >= 15 is 0 Å². The number of hydrogen-bond acceptors (Lipinski definition) is 4. The molecular weight excluding hydrogens is 344 g/mol. The summed E-state index contributed by atoms with van der Waals surface area (Å²) in [5, 5.41) is 4.46. The van der Waals surface area contributed by atoms with Gasteiger partial charge in [-0.3, -0.25) is 4.79 Å². The van der Waals surface area contributed by atoms with Gasteiger partial charge in [-0.15, -0.1) is 0 Å². The van der Waals surface area contributed by atoms with E-state index in [0.717, 1.165) is 29.4 Å². The van der Waals surface area contributed by atoms with Crippen LogP contribution >= 0.6 is 23.2 Å². The predicted molar refractivity (Wildman–Crippen MR) is 77.4 cm³/mol. The SMILES string of the molecule is CN(N)c1cnn(-c2cc(C(F)(F)F)ccc2Cl)c(=O)c1Cl. The zero-order valence-electron chi connectivity index (χ0n) is 11.0. The first-order chi connectivity index (χ1) is 10.1. The van der Waals surface area contributed by atoms with E-state index in [2.05, 4.69) is 5.10 Å². The fourth-order valence-electron chi connectivity index (χ4n) is 1.69. The van der Waals surface area contributed by atoms with Crippen molar-refractivity contribution in [3.8, 4) is 5.69 Å². The van der Waals surface area contributed by atoms with E-state index in [9.17, 15) is 18.0 Å². The minimum atomic E-state index is -4.58. The van der Waals surface area contributed by atoms with Gasteiger partial charge in [-0.2, -0.15) is 23.0 Å². The van der Waals surface area contributed by atoms with Crippen LogP contribution in [-0.4, -0.2) is 16.8 Å². The third-order valence-electron chi connectivity index (χ3n) is 2.78. The zero-order valence-corrected chi connectivity index (χ0v) is 12.5. The van der Waals surface area contributed by atoms with Crippen LogP contribution in [0.15, 0.2) is 29.2 Å². The number of nitrogens with two attached hydrogens (primary N) is 1. The van der Waals surface area contributed by atoms with Gasteiger partial charge in [0.05, 0.1) is 28.2 Å². The summed E-state index contributed by atoms with van der Waals surface area (Å²) in [5.74, 6) is 5.47. The monoisotopic (exact) mass is 352 g/mol. The molecule has 1 aromatic heterocycles. The summed E-state index contributed by atoms with van der Waals surface area (Å²) in [7, 11) is 1.43. The molecule has 5 nitrogen and oxygen atoms in total. The number of hydrogen-bond donors (Lipinski definition) is 1. The molecule has 2 aromatic rings. The molecule has 0 atom stereocenters. The van der Waals surface area contributed by atoms with E-state index in [1.165, 1.54) is 7.05 Å². The maximum Gasteiger partial charge on any atom is 0.416 e. The molecule has 1 heterocycles. The smallest absolute Gasteiger partial charge is 0.311 e.